The topological polar surface area (TPSA) is 71.3 Å². The number of hydrogen-bond acceptors (Lipinski definition) is 7. The van der Waals surface area contributed by atoms with Crippen LogP contribution in [0.1, 0.15) is 24.0 Å². The number of aromatic nitrogens is 2. The molecule has 0 radical (unpaired) electrons. The Balaban J connectivity index is 1.18. The lowest BCUT2D eigenvalue weighted by molar-refractivity contribution is 0.160. The molecule has 0 spiro atoms. The highest BCUT2D eigenvalue weighted by Crippen LogP contribution is 2.36. The summed E-state index contributed by atoms with van der Waals surface area (Å²) in [5.74, 6) is 1.09. The Morgan fingerprint density at radius 2 is 1.79 bits per heavy atom. The van der Waals surface area contributed by atoms with Gasteiger partial charge in [0, 0.05) is 81.4 Å². The Kier molecular flexibility index (Phi) is 5.33. The number of hydrogen-bond donors (Lipinski definition) is 1. The smallest absolute Gasteiger partial charge is 0.128 e. The van der Waals surface area contributed by atoms with Gasteiger partial charge in [0.15, 0.2) is 0 Å². The fourth-order valence-corrected chi connectivity index (χ4v) is 5.77. The summed E-state index contributed by atoms with van der Waals surface area (Å²) in [5, 5.41) is 14.0. The largest absolute Gasteiger partial charge is 0.368 e. The van der Waals surface area contributed by atoms with Crippen molar-refractivity contribution in [2.75, 3.05) is 49.1 Å². The lowest BCUT2D eigenvalue weighted by Crippen LogP contribution is -2.53. The Morgan fingerprint density at radius 1 is 0.970 bits per heavy atom. The maximum Gasteiger partial charge on any atom is 0.128 e. The molecule has 0 saturated carbocycles. The van der Waals surface area contributed by atoms with Crippen molar-refractivity contribution in [1.82, 2.24) is 20.2 Å². The van der Waals surface area contributed by atoms with Crippen molar-refractivity contribution >= 4 is 22.4 Å². The molecule has 3 fully saturated rings. The molecule has 33 heavy (non-hydrogen) atoms. The molecule has 7 heteroatoms. The lowest BCUT2D eigenvalue weighted by Gasteiger charge is -2.42. The van der Waals surface area contributed by atoms with Gasteiger partial charge >= 0.3 is 0 Å². The van der Waals surface area contributed by atoms with Crippen LogP contribution < -0.4 is 15.1 Å². The molecule has 2 aromatic heterocycles. The van der Waals surface area contributed by atoms with E-state index >= 15 is 0 Å². The second kappa shape index (κ2) is 8.62. The predicted molar refractivity (Wildman–Crippen MR) is 130 cm³/mol. The molecule has 3 aromatic rings. The number of piperazine rings is 2. The Labute approximate surface area is 194 Å². The molecule has 6 rings (SSSR count). The molecule has 0 aliphatic carbocycles. The summed E-state index contributed by atoms with van der Waals surface area (Å²) in [6.45, 7) is 7.10. The van der Waals surface area contributed by atoms with Crippen molar-refractivity contribution in [2.45, 2.75) is 31.5 Å². The van der Waals surface area contributed by atoms with E-state index in [1.54, 1.807) is 6.20 Å². The molecule has 2 atom stereocenters. The maximum atomic E-state index is 9.48. The van der Waals surface area contributed by atoms with E-state index < -0.39 is 0 Å². The average Bonchev–Trinajstić information content (AvgIpc) is 3.10. The third-order valence-corrected chi connectivity index (χ3v) is 7.46. The van der Waals surface area contributed by atoms with E-state index in [4.69, 9.17) is 4.98 Å². The fourth-order valence-electron chi connectivity index (χ4n) is 5.77. The summed E-state index contributed by atoms with van der Waals surface area (Å²) in [4.78, 5) is 16.8. The molecular weight excluding hydrogens is 410 g/mol. The van der Waals surface area contributed by atoms with E-state index in [2.05, 4.69) is 61.5 Å². The van der Waals surface area contributed by atoms with Crippen molar-refractivity contribution < 1.29 is 0 Å². The van der Waals surface area contributed by atoms with E-state index in [0.717, 1.165) is 62.5 Å². The van der Waals surface area contributed by atoms with Crippen LogP contribution in [0.4, 0.5) is 11.5 Å². The van der Waals surface area contributed by atoms with Crippen LogP contribution in [0.2, 0.25) is 0 Å². The molecule has 3 aliphatic heterocycles. The van der Waals surface area contributed by atoms with Gasteiger partial charge in [0.25, 0.3) is 0 Å². The normalized spacial score (nSPS) is 23.1. The zero-order chi connectivity index (χ0) is 22.2. The standard InChI is InChI=1S/C26H29N7/c27-14-20-4-7-24(23-2-1-9-29-26(20)23)32-17-21-5-6-22(18-32)33(21)16-19-3-8-25(30-15-19)31-12-10-28-11-13-31/h1-4,7-9,15,21-22,28H,5-6,10-13,16-18H2. The molecule has 2 unspecified atom stereocenters. The van der Waals surface area contributed by atoms with E-state index in [1.165, 1.54) is 24.1 Å². The summed E-state index contributed by atoms with van der Waals surface area (Å²) in [6.07, 6.45) is 6.32. The predicted octanol–water partition coefficient (Wildman–Crippen LogP) is 2.76. The average molecular weight is 440 g/mol. The van der Waals surface area contributed by atoms with E-state index in [9.17, 15) is 5.26 Å². The second-order valence-corrected chi connectivity index (χ2v) is 9.37. The molecule has 1 aromatic carbocycles. The van der Waals surface area contributed by atoms with Crippen LogP contribution in [0.3, 0.4) is 0 Å². The highest BCUT2D eigenvalue weighted by molar-refractivity contribution is 5.95. The zero-order valence-corrected chi connectivity index (χ0v) is 18.8. The van der Waals surface area contributed by atoms with Crippen molar-refractivity contribution in [2.24, 2.45) is 0 Å². The summed E-state index contributed by atoms with van der Waals surface area (Å²) in [5.41, 5.74) is 3.96. The summed E-state index contributed by atoms with van der Waals surface area (Å²) < 4.78 is 0. The van der Waals surface area contributed by atoms with Gasteiger partial charge in [-0.05, 0) is 48.7 Å². The van der Waals surface area contributed by atoms with Gasteiger partial charge in [-0.3, -0.25) is 9.88 Å². The Morgan fingerprint density at radius 3 is 2.52 bits per heavy atom. The van der Waals surface area contributed by atoms with Gasteiger partial charge in [-0.2, -0.15) is 5.26 Å². The molecule has 5 heterocycles. The molecule has 168 valence electrons. The highest BCUT2D eigenvalue weighted by atomic mass is 15.3. The first-order chi connectivity index (χ1) is 16.3. The van der Waals surface area contributed by atoms with Crippen molar-refractivity contribution in [1.29, 1.82) is 5.26 Å². The molecule has 7 nitrogen and oxygen atoms in total. The third-order valence-electron chi connectivity index (χ3n) is 7.46. The minimum absolute atomic E-state index is 0.541. The van der Waals surface area contributed by atoms with Crippen molar-refractivity contribution in [3.63, 3.8) is 0 Å². The maximum absolute atomic E-state index is 9.48. The zero-order valence-electron chi connectivity index (χ0n) is 18.8. The molecule has 2 bridgehead atoms. The molecule has 0 amide bonds. The summed E-state index contributed by atoms with van der Waals surface area (Å²) in [6, 6.07) is 15.9. The van der Waals surface area contributed by atoms with Crippen LogP contribution in [0.25, 0.3) is 10.9 Å². The molecule has 3 saturated heterocycles. The van der Waals surface area contributed by atoms with Crippen LogP contribution in [-0.2, 0) is 6.54 Å². The van der Waals surface area contributed by atoms with Gasteiger partial charge in [0.1, 0.15) is 11.9 Å². The van der Waals surface area contributed by atoms with Gasteiger partial charge in [0.2, 0.25) is 0 Å². The van der Waals surface area contributed by atoms with E-state index in [-0.39, 0.29) is 0 Å². The van der Waals surface area contributed by atoms with Crippen LogP contribution in [-0.4, -0.2) is 66.2 Å². The number of rotatable bonds is 4. The third kappa shape index (κ3) is 3.79. The monoisotopic (exact) mass is 439 g/mol. The van der Waals surface area contributed by atoms with Gasteiger partial charge in [-0.25, -0.2) is 4.98 Å². The van der Waals surface area contributed by atoms with Crippen LogP contribution in [0.15, 0.2) is 48.8 Å². The SMILES string of the molecule is N#Cc1ccc(N2CC3CCC(C2)N3Cc2ccc(N3CCNCC3)nc2)c2cccnc12. The number of anilines is 2. The number of nitrogens with one attached hydrogen (secondary N) is 1. The van der Waals surface area contributed by atoms with Gasteiger partial charge in [-0.1, -0.05) is 6.07 Å². The molecule has 1 N–H and O–H groups in total. The fraction of sp³-hybridized carbons (Fsp3) is 0.423. The van der Waals surface area contributed by atoms with Gasteiger partial charge in [-0.15, -0.1) is 0 Å². The Hall–Kier alpha value is -3.21. The number of benzene rings is 1. The lowest BCUT2D eigenvalue weighted by atomic mass is 10.1. The number of fused-ring (bicyclic) bond motifs is 3. The molecule has 3 aliphatic rings. The minimum Gasteiger partial charge on any atom is -0.368 e. The second-order valence-electron chi connectivity index (χ2n) is 9.37. The first-order valence-corrected chi connectivity index (χ1v) is 12.0. The number of nitriles is 1. The highest BCUT2D eigenvalue weighted by Gasteiger charge is 2.40. The van der Waals surface area contributed by atoms with Crippen LogP contribution in [0.5, 0.6) is 0 Å². The van der Waals surface area contributed by atoms with E-state index in [1.807, 2.05) is 12.1 Å². The Bertz CT molecular complexity index is 1170. The van der Waals surface area contributed by atoms with E-state index in [0.29, 0.717) is 17.6 Å². The summed E-state index contributed by atoms with van der Waals surface area (Å²) in [7, 11) is 0. The summed E-state index contributed by atoms with van der Waals surface area (Å²) >= 11 is 0. The minimum atomic E-state index is 0.541. The van der Waals surface area contributed by atoms with Crippen LogP contribution >= 0.6 is 0 Å². The van der Waals surface area contributed by atoms with Gasteiger partial charge < -0.3 is 15.1 Å². The van der Waals surface area contributed by atoms with Crippen molar-refractivity contribution in [3.8, 4) is 6.07 Å². The van der Waals surface area contributed by atoms with Gasteiger partial charge in [0.05, 0.1) is 11.1 Å². The molecular formula is C26H29N7. The number of pyridine rings is 2. The quantitative estimate of drug-likeness (QED) is 0.670. The van der Waals surface area contributed by atoms with Crippen molar-refractivity contribution in [3.05, 3.63) is 59.9 Å². The van der Waals surface area contributed by atoms with Crippen LogP contribution in [0, 0.1) is 11.3 Å². The first kappa shape index (κ1) is 20.4. The first-order valence-electron chi connectivity index (χ1n) is 12.0. The number of nitrogens with zero attached hydrogens (tertiary/aromatic N) is 6.